The van der Waals surface area contributed by atoms with E-state index in [1.807, 2.05) is 0 Å². The van der Waals surface area contributed by atoms with Crippen LogP contribution in [0.15, 0.2) is 5.11 Å². The number of nitrogens with one attached hydrogen (secondary N) is 2. The Labute approximate surface area is 98.3 Å². The van der Waals surface area contributed by atoms with Gasteiger partial charge in [0.05, 0.1) is 6.04 Å². The van der Waals surface area contributed by atoms with E-state index in [1.54, 1.807) is 20.8 Å². The van der Waals surface area contributed by atoms with Crippen molar-refractivity contribution in [2.24, 2.45) is 5.11 Å². The first-order valence-electron chi connectivity index (χ1n) is 5.14. The molecule has 1 aliphatic heterocycles. The summed E-state index contributed by atoms with van der Waals surface area (Å²) in [5.74, 6) is -0.311. The summed E-state index contributed by atoms with van der Waals surface area (Å²) in [5, 5.41) is 8.28. The van der Waals surface area contributed by atoms with Crippen LogP contribution in [0.1, 0.15) is 20.8 Å². The van der Waals surface area contributed by atoms with Gasteiger partial charge in [0.1, 0.15) is 11.6 Å². The first kappa shape index (κ1) is 13.1. The standard InChI is InChI=1S/C9H15N5O3/c1-9(2,3)17-8(16)13-6-5(4-11-14-10)12-7(6)15/h5-6H,4H2,1-3H3,(H,12,15)(H,13,16)/t5-,6+/m1/s1. The predicted molar refractivity (Wildman–Crippen MR) is 59.1 cm³/mol. The maximum absolute atomic E-state index is 11.4. The van der Waals surface area contributed by atoms with E-state index in [-0.39, 0.29) is 18.5 Å². The molecule has 0 aromatic heterocycles. The molecule has 0 unspecified atom stereocenters. The number of nitrogens with zero attached hydrogens (tertiary/aromatic N) is 3. The third-order valence-electron chi connectivity index (χ3n) is 2.03. The smallest absolute Gasteiger partial charge is 0.408 e. The minimum absolute atomic E-state index is 0.0999. The molecule has 1 rings (SSSR count). The van der Waals surface area contributed by atoms with Gasteiger partial charge in [-0.05, 0) is 26.3 Å². The highest BCUT2D eigenvalue weighted by molar-refractivity contribution is 5.92. The Balaban J connectivity index is 2.46. The van der Waals surface area contributed by atoms with Crippen molar-refractivity contribution in [2.75, 3.05) is 6.54 Å². The molecule has 17 heavy (non-hydrogen) atoms. The molecule has 0 aliphatic carbocycles. The van der Waals surface area contributed by atoms with Gasteiger partial charge in [0.2, 0.25) is 5.91 Å². The summed E-state index contributed by atoms with van der Waals surface area (Å²) in [6, 6.07) is -1.07. The molecule has 0 saturated carbocycles. The van der Waals surface area contributed by atoms with Crippen LogP contribution in [0.3, 0.4) is 0 Å². The summed E-state index contributed by atoms with van der Waals surface area (Å²) >= 11 is 0. The van der Waals surface area contributed by atoms with Gasteiger partial charge in [0.25, 0.3) is 0 Å². The maximum Gasteiger partial charge on any atom is 0.408 e. The SMILES string of the molecule is CC(C)(C)OC(=O)N[C@@H]1C(=O)N[C@@H]1CN=[N+]=[N-]. The van der Waals surface area contributed by atoms with Crippen molar-refractivity contribution < 1.29 is 14.3 Å². The van der Waals surface area contributed by atoms with Gasteiger partial charge in [-0.2, -0.15) is 0 Å². The predicted octanol–water partition coefficient (Wildman–Crippen LogP) is 0.688. The van der Waals surface area contributed by atoms with Crippen LogP contribution >= 0.6 is 0 Å². The number of ether oxygens (including phenoxy) is 1. The molecule has 8 heteroatoms. The van der Waals surface area contributed by atoms with E-state index in [0.717, 1.165) is 0 Å². The first-order chi connectivity index (χ1) is 7.83. The lowest BCUT2D eigenvalue weighted by molar-refractivity contribution is -0.131. The van der Waals surface area contributed by atoms with Crippen LogP contribution in [0.2, 0.25) is 0 Å². The molecule has 1 heterocycles. The maximum atomic E-state index is 11.4. The van der Waals surface area contributed by atoms with Gasteiger partial charge in [-0.1, -0.05) is 5.11 Å². The van der Waals surface area contributed by atoms with Gasteiger partial charge < -0.3 is 15.4 Å². The van der Waals surface area contributed by atoms with Gasteiger partial charge in [-0.3, -0.25) is 4.79 Å². The monoisotopic (exact) mass is 241 g/mol. The molecule has 2 N–H and O–H groups in total. The van der Waals surface area contributed by atoms with Crippen molar-refractivity contribution in [1.29, 1.82) is 0 Å². The first-order valence-corrected chi connectivity index (χ1v) is 5.14. The molecule has 0 aromatic carbocycles. The molecule has 1 saturated heterocycles. The van der Waals surface area contributed by atoms with Crippen LogP contribution < -0.4 is 10.6 Å². The van der Waals surface area contributed by atoms with Crippen LogP contribution in [-0.4, -0.2) is 36.2 Å². The second kappa shape index (κ2) is 4.92. The molecule has 94 valence electrons. The number of rotatable bonds is 3. The number of carbonyl (C=O) groups excluding carboxylic acids is 2. The molecule has 2 atom stereocenters. The molecule has 0 bridgehead atoms. The van der Waals surface area contributed by atoms with E-state index < -0.39 is 17.7 Å². The highest BCUT2D eigenvalue weighted by Crippen LogP contribution is 2.10. The van der Waals surface area contributed by atoms with Gasteiger partial charge in [-0.25, -0.2) is 4.79 Å². The van der Waals surface area contributed by atoms with Crippen molar-refractivity contribution in [2.45, 2.75) is 38.5 Å². The lowest BCUT2D eigenvalue weighted by Crippen LogP contribution is -2.70. The number of hydrogen-bond donors (Lipinski definition) is 2. The van der Waals surface area contributed by atoms with Crippen molar-refractivity contribution in [3.63, 3.8) is 0 Å². The average Bonchev–Trinajstić information content (AvgIpc) is 2.18. The molecular formula is C9H15N5O3. The number of amides is 2. The van der Waals surface area contributed by atoms with E-state index in [2.05, 4.69) is 20.7 Å². The molecule has 1 aliphatic rings. The second-order valence-electron chi connectivity index (χ2n) is 4.65. The zero-order valence-electron chi connectivity index (χ0n) is 9.93. The Bertz CT molecular complexity index is 369. The Kier molecular flexibility index (Phi) is 3.80. The highest BCUT2D eigenvalue weighted by Gasteiger charge is 2.40. The van der Waals surface area contributed by atoms with Gasteiger partial charge in [0.15, 0.2) is 0 Å². The third kappa shape index (κ3) is 3.84. The van der Waals surface area contributed by atoms with Crippen molar-refractivity contribution >= 4 is 12.0 Å². The van der Waals surface area contributed by atoms with Crippen molar-refractivity contribution in [3.8, 4) is 0 Å². The summed E-state index contributed by atoms with van der Waals surface area (Å²) < 4.78 is 5.01. The van der Waals surface area contributed by atoms with Crippen LogP contribution in [-0.2, 0) is 9.53 Å². The third-order valence-corrected chi connectivity index (χ3v) is 2.03. The molecule has 0 spiro atoms. The molecule has 0 aromatic rings. The van der Waals surface area contributed by atoms with E-state index in [1.165, 1.54) is 0 Å². The normalized spacial score (nSPS) is 22.9. The summed E-state index contributed by atoms with van der Waals surface area (Å²) in [6.45, 7) is 5.28. The van der Waals surface area contributed by atoms with Gasteiger partial charge in [-0.15, -0.1) is 0 Å². The van der Waals surface area contributed by atoms with E-state index >= 15 is 0 Å². The summed E-state index contributed by atoms with van der Waals surface area (Å²) in [4.78, 5) is 25.2. The summed E-state index contributed by atoms with van der Waals surface area (Å²) in [5.41, 5.74) is 7.53. The van der Waals surface area contributed by atoms with Gasteiger partial charge >= 0.3 is 6.09 Å². The van der Waals surface area contributed by atoms with E-state index in [0.29, 0.717) is 0 Å². The topological polar surface area (TPSA) is 116 Å². The van der Waals surface area contributed by atoms with Crippen LogP contribution in [0.25, 0.3) is 10.4 Å². The van der Waals surface area contributed by atoms with E-state index in [9.17, 15) is 9.59 Å². The van der Waals surface area contributed by atoms with Crippen LogP contribution in [0.5, 0.6) is 0 Å². The van der Waals surface area contributed by atoms with E-state index in [4.69, 9.17) is 10.3 Å². The zero-order valence-corrected chi connectivity index (χ0v) is 9.93. The molecule has 2 amide bonds. The fourth-order valence-corrected chi connectivity index (χ4v) is 1.32. The fraction of sp³-hybridized carbons (Fsp3) is 0.778. The number of alkyl carbamates (subject to hydrolysis) is 1. The zero-order chi connectivity index (χ0) is 13.1. The highest BCUT2D eigenvalue weighted by atomic mass is 16.6. The molecule has 0 radical (unpaired) electrons. The lowest BCUT2D eigenvalue weighted by Gasteiger charge is -2.36. The summed E-state index contributed by atoms with van der Waals surface area (Å²) in [6.07, 6.45) is -0.664. The number of β-lactam (4-membered cyclic amide) rings is 1. The minimum atomic E-state index is -0.699. The van der Waals surface area contributed by atoms with Crippen LogP contribution in [0, 0.1) is 0 Å². The Hall–Kier alpha value is -1.95. The number of hydrogen-bond acceptors (Lipinski definition) is 4. The number of azide groups is 1. The Morgan fingerprint density at radius 1 is 1.65 bits per heavy atom. The molecular weight excluding hydrogens is 226 g/mol. The van der Waals surface area contributed by atoms with Crippen LogP contribution in [0.4, 0.5) is 4.79 Å². The van der Waals surface area contributed by atoms with Crippen molar-refractivity contribution in [1.82, 2.24) is 10.6 Å². The minimum Gasteiger partial charge on any atom is -0.444 e. The second-order valence-corrected chi connectivity index (χ2v) is 4.65. The average molecular weight is 241 g/mol. The quantitative estimate of drug-likeness (QED) is 0.327. The Morgan fingerprint density at radius 3 is 2.76 bits per heavy atom. The lowest BCUT2D eigenvalue weighted by atomic mass is 9.99. The molecule has 1 fully saturated rings. The summed E-state index contributed by atoms with van der Waals surface area (Å²) in [7, 11) is 0. The largest absolute Gasteiger partial charge is 0.444 e. The molecule has 8 nitrogen and oxygen atoms in total. The fourth-order valence-electron chi connectivity index (χ4n) is 1.32. The Morgan fingerprint density at radius 2 is 2.29 bits per heavy atom. The van der Waals surface area contributed by atoms with Gasteiger partial charge in [0, 0.05) is 11.5 Å². The van der Waals surface area contributed by atoms with Crippen molar-refractivity contribution in [3.05, 3.63) is 10.4 Å². The number of carbonyl (C=O) groups is 2.